The van der Waals surface area contributed by atoms with Gasteiger partial charge in [0.25, 0.3) is 5.69 Å². The maximum atomic E-state index is 12.5. The predicted molar refractivity (Wildman–Crippen MR) is 79.6 cm³/mol. The first-order chi connectivity index (χ1) is 11.0. The minimum Gasteiger partial charge on any atom is -0.274 e. The van der Waals surface area contributed by atoms with Crippen LogP contribution >= 0.6 is 0 Å². The van der Waals surface area contributed by atoms with Crippen molar-refractivity contribution in [2.75, 3.05) is 11.4 Å². The van der Waals surface area contributed by atoms with E-state index < -0.39 is 29.2 Å². The maximum Gasteiger partial charge on any atom is 0.338 e. The van der Waals surface area contributed by atoms with Gasteiger partial charge in [-0.15, -0.1) is 0 Å². The smallest absolute Gasteiger partial charge is 0.274 e. The van der Waals surface area contributed by atoms with Crippen molar-refractivity contribution in [1.82, 2.24) is 4.90 Å². The van der Waals surface area contributed by atoms with Crippen LogP contribution < -0.4 is 4.90 Å². The van der Waals surface area contributed by atoms with Crippen molar-refractivity contribution in [3.63, 3.8) is 0 Å². The topological polar surface area (TPSA) is 101 Å². The van der Waals surface area contributed by atoms with E-state index in [0.717, 1.165) is 35.1 Å². The average molecular weight is 317 g/mol. The first kappa shape index (κ1) is 15.1. The molecule has 1 aromatic rings. The number of benzene rings is 1. The molecule has 3 rings (SSSR count). The number of amides is 4. The van der Waals surface area contributed by atoms with Gasteiger partial charge in [0.2, 0.25) is 11.8 Å². The highest BCUT2D eigenvalue weighted by atomic mass is 16.6. The van der Waals surface area contributed by atoms with Gasteiger partial charge in [0.05, 0.1) is 10.6 Å². The molecular formula is C15H15N3O5. The van der Waals surface area contributed by atoms with Gasteiger partial charge in [0.15, 0.2) is 0 Å². The number of nitro benzene ring substituents is 1. The van der Waals surface area contributed by atoms with Gasteiger partial charge in [0.1, 0.15) is 6.42 Å². The fraction of sp³-hybridized carbons (Fsp3) is 0.400. The molecule has 23 heavy (non-hydrogen) atoms. The monoisotopic (exact) mass is 317 g/mol. The molecule has 2 aliphatic rings. The molecule has 0 bridgehead atoms. The van der Waals surface area contributed by atoms with Crippen molar-refractivity contribution < 1.29 is 19.3 Å². The van der Waals surface area contributed by atoms with E-state index >= 15 is 0 Å². The minimum atomic E-state index is -0.729. The molecule has 120 valence electrons. The van der Waals surface area contributed by atoms with E-state index in [1.807, 2.05) is 0 Å². The molecule has 0 aromatic heterocycles. The zero-order chi connectivity index (χ0) is 16.6. The van der Waals surface area contributed by atoms with Crippen molar-refractivity contribution in [2.45, 2.75) is 25.7 Å². The van der Waals surface area contributed by atoms with E-state index in [0.29, 0.717) is 5.92 Å². The normalized spacial score (nSPS) is 18.5. The molecule has 1 saturated heterocycles. The molecule has 0 atom stereocenters. The van der Waals surface area contributed by atoms with Crippen LogP contribution in [0.4, 0.5) is 16.2 Å². The molecule has 8 nitrogen and oxygen atoms in total. The number of hydrogen-bond donors (Lipinski definition) is 0. The third-order valence-corrected chi connectivity index (χ3v) is 4.03. The molecule has 1 aliphatic heterocycles. The lowest BCUT2D eigenvalue weighted by molar-refractivity contribution is -0.384. The fourth-order valence-electron chi connectivity index (χ4n) is 2.58. The van der Waals surface area contributed by atoms with Gasteiger partial charge >= 0.3 is 6.03 Å². The quantitative estimate of drug-likeness (QED) is 0.470. The lowest BCUT2D eigenvalue weighted by atomic mass is 10.2. The maximum absolute atomic E-state index is 12.5. The van der Waals surface area contributed by atoms with Gasteiger partial charge in [0, 0.05) is 18.7 Å². The van der Waals surface area contributed by atoms with Crippen molar-refractivity contribution in [2.24, 2.45) is 5.92 Å². The number of rotatable bonds is 5. The first-order valence-electron chi connectivity index (χ1n) is 7.39. The molecule has 0 spiro atoms. The van der Waals surface area contributed by atoms with Crippen LogP contribution in [0.5, 0.6) is 0 Å². The summed E-state index contributed by atoms with van der Waals surface area (Å²) >= 11 is 0. The van der Waals surface area contributed by atoms with E-state index in [4.69, 9.17) is 0 Å². The molecule has 1 aliphatic carbocycles. The largest absolute Gasteiger partial charge is 0.338 e. The Labute approximate surface area is 131 Å². The SMILES string of the molecule is O=C1CC(=O)N(c2cccc([N+](=O)[O-])c2)C(=O)N1CCC1CC1. The van der Waals surface area contributed by atoms with Crippen molar-refractivity contribution in [3.8, 4) is 0 Å². The number of imide groups is 2. The van der Waals surface area contributed by atoms with Gasteiger partial charge in [-0.05, 0) is 18.4 Å². The summed E-state index contributed by atoms with van der Waals surface area (Å²) in [4.78, 5) is 48.7. The number of urea groups is 1. The van der Waals surface area contributed by atoms with Gasteiger partial charge in [-0.25, -0.2) is 9.69 Å². The Balaban J connectivity index is 1.85. The summed E-state index contributed by atoms with van der Waals surface area (Å²) in [6.07, 6.45) is 2.53. The van der Waals surface area contributed by atoms with E-state index in [-0.39, 0.29) is 17.9 Å². The molecule has 0 radical (unpaired) electrons. The van der Waals surface area contributed by atoms with Crippen molar-refractivity contribution in [1.29, 1.82) is 0 Å². The number of non-ortho nitro benzene ring substituents is 1. The number of hydrogen-bond acceptors (Lipinski definition) is 5. The zero-order valence-corrected chi connectivity index (χ0v) is 12.3. The molecule has 0 N–H and O–H groups in total. The van der Waals surface area contributed by atoms with Gasteiger partial charge < -0.3 is 0 Å². The molecule has 2 fully saturated rings. The lowest BCUT2D eigenvalue weighted by Crippen LogP contribution is -2.55. The van der Waals surface area contributed by atoms with Gasteiger partial charge in [-0.1, -0.05) is 18.9 Å². The summed E-state index contributed by atoms with van der Waals surface area (Å²) in [7, 11) is 0. The molecule has 8 heteroatoms. The summed E-state index contributed by atoms with van der Waals surface area (Å²) in [6, 6.07) is 4.55. The van der Waals surface area contributed by atoms with Crippen LogP contribution in [0.25, 0.3) is 0 Å². The Morgan fingerprint density at radius 3 is 2.57 bits per heavy atom. The number of anilines is 1. The van der Waals surface area contributed by atoms with E-state index in [9.17, 15) is 24.5 Å². The Morgan fingerprint density at radius 1 is 1.17 bits per heavy atom. The highest BCUT2D eigenvalue weighted by Gasteiger charge is 2.39. The summed E-state index contributed by atoms with van der Waals surface area (Å²) in [6.45, 7) is 0.279. The van der Waals surface area contributed by atoms with Crippen molar-refractivity contribution >= 4 is 29.2 Å². The van der Waals surface area contributed by atoms with Crippen LogP contribution in [0.3, 0.4) is 0 Å². The Morgan fingerprint density at radius 2 is 1.91 bits per heavy atom. The number of nitrogens with zero attached hydrogens (tertiary/aromatic N) is 3. The molecule has 1 heterocycles. The first-order valence-corrected chi connectivity index (χ1v) is 7.39. The van der Waals surface area contributed by atoms with Crippen LogP contribution in [-0.2, 0) is 9.59 Å². The number of carbonyl (C=O) groups is 3. The molecule has 0 unspecified atom stereocenters. The molecule has 1 saturated carbocycles. The van der Waals surface area contributed by atoms with Gasteiger partial charge in [-0.2, -0.15) is 0 Å². The van der Waals surface area contributed by atoms with Crippen LogP contribution in [0.2, 0.25) is 0 Å². The molecule has 1 aromatic carbocycles. The van der Waals surface area contributed by atoms with Crippen LogP contribution in [0.1, 0.15) is 25.7 Å². The van der Waals surface area contributed by atoms with E-state index in [1.54, 1.807) is 0 Å². The zero-order valence-electron chi connectivity index (χ0n) is 12.3. The van der Waals surface area contributed by atoms with Crippen LogP contribution in [0, 0.1) is 16.0 Å². The second kappa shape index (κ2) is 5.79. The number of barbiturate groups is 1. The minimum absolute atomic E-state index is 0.109. The third-order valence-electron chi connectivity index (χ3n) is 4.03. The standard InChI is InChI=1S/C15H15N3O5/c19-13-9-14(20)17(11-2-1-3-12(8-11)18(22)23)15(21)16(13)7-6-10-4-5-10/h1-3,8,10H,4-7,9H2. The summed E-state index contributed by atoms with van der Waals surface area (Å²) < 4.78 is 0. The highest BCUT2D eigenvalue weighted by Crippen LogP contribution is 2.33. The lowest BCUT2D eigenvalue weighted by Gasteiger charge is -2.32. The van der Waals surface area contributed by atoms with Crippen molar-refractivity contribution in [3.05, 3.63) is 34.4 Å². The third kappa shape index (κ3) is 3.05. The summed E-state index contributed by atoms with van der Waals surface area (Å²) in [5.41, 5.74) is -0.109. The van der Waals surface area contributed by atoms with Crippen LogP contribution in [0.15, 0.2) is 24.3 Å². The Kier molecular flexibility index (Phi) is 3.81. The molecular weight excluding hydrogens is 302 g/mol. The van der Waals surface area contributed by atoms with Crippen LogP contribution in [-0.4, -0.2) is 34.2 Å². The fourth-order valence-corrected chi connectivity index (χ4v) is 2.58. The predicted octanol–water partition coefficient (Wildman–Crippen LogP) is 2.08. The highest BCUT2D eigenvalue weighted by molar-refractivity contribution is 6.26. The van der Waals surface area contributed by atoms with E-state index in [2.05, 4.69) is 0 Å². The second-order valence-corrected chi connectivity index (χ2v) is 5.74. The number of carbonyl (C=O) groups excluding carboxylic acids is 3. The Hall–Kier alpha value is -2.77. The Bertz CT molecular complexity index is 698. The second-order valence-electron chi connectivity index (χ2n) is 5.74. The van der Waals surface area contributed by atoms with Gasteiger partial charge in [-0.3, -0.25) is 24.6 Å². The molecule has 4 amide bonds. The summed E-state index contributed by atoms with van der Waals surface area (Å²) in [5.74, 6) is -0.634. The summed E-state index contributed by atoms with van der Waals surface area (Å²) in [5, 5.41) is 10.9. The van der Waals surface area contributed by atoms with E-state index in [1.165, 1.54) is 18.2 Å². The number of nitro groups is 1. The average Bonchev–Trinajstić information content (AvgIpc) is 3.31.